The molecule has 3 nitrogen and oxygen atoms in total. The lowest BCUT2D eigenvalue weighted by Gasteiger charge is -2.12. The number of hydrogen-bond donors (Lipinski definition) is 1. The molecular weight excluding hydrogens is 238 g/mol. The van der Waals surface area contributed by atoms with E-state index in [1.807, 2.05) is 49.4 Å². The van der Waals surface area contributed by atoms with Gasteiger partial charge in [-0.15, -0.1) is 0 Å². The van der Waals surface area contributed by atoms with Crippen molar-refractivity contribution in [3.8, 4) is 11.8 Å². The molecule has 1 N–H and O–H groups in total. The Morgan fingerprint density at radius 1 is 1.21 bits per heavy atom. The van der Waals surface area contributed by atoms with Gasteiger partial charge >= 0.3 is 0 Å². The molecule has 2 rings (SSSR count). The highest BCUT2D eigenvalue weighted by atomic mass is 16.5. The van der Waals surface area contributed by atoms with Crippen LogP contribution in [0.1, 0.15) is 22.8 Å². The van der Waals surface area contributed by atoms with Crippen LogP contribution in [0.25, 0.3) is 0 Å². The summed E-state index contributed by atoms with van der Waals surface area (Å²) in [4.78, 5) is 0. The molecule has 0 heterocycles. The number of nitriles is 1. The number of aliphatic hydroxyl groups is 1. The third kappa shape index (κ3) is 3.34. The molecule has 0 aliphatic heterocycles. The maximum absolute atomic E-state index is 9.63. The second-order valence-corrected chi connectivity index (χ2v) is 4.34. The maximum atomic E-state index is 9.63. The second kappa shape index (κ2) is 6.03. The van der Waals surface area contributed by atoms with Crippen LogP contribution in [0, 0.1) is 18.3 Å². The summed E-state index contributed by atoms with van der Waals surface area (Å²) in [5, 5.41) is 18.4. The van der Waals surface area contributed by atoms with Gasteiger partial charge in [0.25, 0.3) is 0 Å². The average Bonchev–Trinajstić information content (AvgIpc) is 2.45. The van der Waals surface area contributed by atoms with Crippen molar-refractivity contribution in [2.45, 2.75) is 19.6 Å². The molecule has 0 spiro atoms. The molecule has 0 aliphatic carbocycles. The molecule has 2 aromatic rings. The van der Waals surface area contributed by atoms with Crippen molar-refractivity contribution in [2.75, 3.05) is 0 Å². The molecule has 0 aromatic heterocycles. The van der Waals surface area contributed by atoms with Gasteiger partial charge in [-0.25, -0.2) is 0 Å². The molecule has 0 radical (unpaired) electrons. The van der Waals surface area contributed by atoms with Crippen molar-refractivity contribution in [3.05, 3.63) is 65.2 Å². The number of aryl methyl sites for hydroxylation is 1. The highest BCUT2D eigenvalue weighted by Gasteiger charge is 2.11. The molecule has 1 atom stereocenters. The summed E-state index contributed by atoms with van der Waals surface area (Å²) in [7, 11) is 0. The van der Waals surface area contributed by atoms with Crippen molar-refractivity contribution < 1.29 is 9.84 Å². The van der Waals surface area contributed by atoms with Crippen LogP contribution in [-0.4, -0.2) is 5.11 Å². The topological polar surface area (TPSA) is 53.2 Å². The fraction of sp³-hybridized carbons (Fsp3) is 0.188. The quantitative estimate of drug-likeness (QED) is 0.852. The summed E-state index contributed by atoms with van der Waals surface area (Å²) in [6.45, 7) is 2.33. The molecule has 0 amide bonds. The van der Waals surface area contributed by atoms with E-state index in [1.165, 1.54) is 0 Å². The minimum absolute atomic E-state index is 0.332. The van der Waals surface area contributed by atoms with Gasteiger partial charge in [0.1, 0.15) is 12.4 Å². The fourth-order valence-corrected chi connectivity index (χ4v) is 1.87. The third-order valence-corrected chi connectivity index (χ3v) is 2.86. The van der Waals surface area contributed by atoms with E-state index < -0.39 is 6.10 Å². The Hall–Kier alpha value is -2.31. The van der Waals surface area contributed by atoms with Gasteiger partial charge in [-0.2, -0.15) is 5.26 Å². The molecule has 3 heteroatoms. The van der Waals surface area contributed by atoms with Crippen LogP contribution in [-0.2, 0) is 6.61 Å². The van der Waals surface area contributed by atoms with Crippen molar-refractivity contribution in [2.24, 2.45) is 0 Å². The van der Waals surface area contributed by atoms with Crippen LogP contribution in [0.5, 0.6) is 5.75 Å². The predicted molar refractivity (Wildman–Crippen MR) is 72.5 cm³/mol. The van der Waals surface area contributed by atoms with Crippen LogP contribution >= 0.6 is 0 Å². The van der Waals surface area contributed by atoms with E-state index in [0.29, 0.717) is 12.2 Å². The lowest BCUT2D eigenvalue weighted by atomic mass is 10.0. The van der Waals surface area contributed by atoms with E-state index in [0.717, 1.165) is 16.9 Å². The Morgan fingerprint density at radius 3 is 2.74 bits per heavy atom. The molecule has 0 saturated heterocycles. The molecule has 0 bridgehead atoms. The number of rotatable bonds is 4. The first-order valence-corrected chi connectivity index (χ1v) is 6.05. The van der Waals surface area contributed by atoms with Gasteiger partial charge < -0.3 is 9.84 Å². The molecular formula is C16H15NO2. The van der Waals surface area contributed by atoms with Crippen LogP contribution in [0.3, 0.4) is 0 Å². The number of benzene rings is 2. The van der Waals surface area contributed by atoms with E-state index in [2.05, 4.69) is 0 Å². The first kappa shape index (κ1) is 13.1. The Morgan fingerprint density at radius 2 is 2.00 bits per heavy atom. The van der Waals surface area contributed by atoms with Gasteiger partial charge in [0.15, 0.2) is 6.10 Å². The number of ether oxygens (including phenoxy) is 1. The Kier molecular flexibility index (Phi) is 4.17. The van der Waals surface area contributed by atoms with Gasteiger partial charge in [0.2, 0.25) is 0 Å². The summed E-state index contributed by atoms with van der Waals surface area (Å²) in [6.07, 6.45) is -1.11. The van der Waals surface area contributed by atoms with Gasteiger partial charge in [-0.3, -0.25) is 0 Å². The van der Waals surface area contributed by atoms with E-state index in [1.54, 1.807) is 12.1 Å². The first-order chi connectivity index (χ1) is 9.20. The van der Waals surface area contributed by atoms with Crippen molar-refractivity contribution in [1.29, 1.82) is 5.26 Å². The lowest BCUT2D eigenvalue weighted by molar-refractivity contribution is 0.229. The van der Waals surface area contributed by atoms with Crippen molar-refractivity contribution in [1.82, 2.24) is 0 Å². The minimum atomic E-state index is -1.11. The minimum Gasteiger partial charge on any atom is -0.489 e. The van der Waals surface area contributed by atoms with Crippen molar-refractivity contribution in [3.63, 3.8) is 0 Å². The number of nitrogens with zero attached hydrogens (tertiary/aromatic N) is 1. The normalized spacial score (nSPS) is 11.6. The Bertz CT molecular complexity index is 602. The summed E-state index contributed by atoms with van der Waals surface area (Å²) in [5.41, 5.74) is 2.54. The van der Waals surface area contributed by atoms with Crippen LogP contribution < -0.4 is 4.74 Å². The van der Waals surface area contributed by atoms with E-state index in [-0.39, 0.29) is 0 Å². The zero-order chi connectivity index (χ0) is 13.7. The Balaban J connectivity index is 2.14. The summed E-state index contributed by atoms with van der Waals surface area (Å²) < 4.78 is 5.69. The molecule has 0 aliphatic rings. The average molecular weight is 253 g/mol. The summed E-state index contributed by atoms with van der Waals surface area (Å²) in [5.74, 6) is 0.779. The fourth-order valence-electron chi connectivity index (χ4n) is 1.87. The summed E-state index contributed by atoms with van der Waals surface area (Å²) >= 11 is 0. The highest BCUT2D eigenvalue weighted by Crippen LogP contribution is 2.20. The van der Waals surface area contributed by atoms with E-state index in [4.69, 9.17) is 10.00 Å². The van der Waals surface area contributed by atoms with Crippen LogP contribution in [0.15, 0.2) is 48.5 Å². The van der Waals surface area contributed by atoms with Gasteiger partial charge in [-0.1, -0.05) is 36.4 Å². The highest BCUT2D eigenvalue weighted by molar-refractivity contribution is 5.33. The molecule has 0 fully saturated rings. The van der Waals surface area contributed by atoms with Gasteiger partial charge in [0.05, 0.1) is 6.07 Å². The molecule has 2 aromatic carbocycles. The maximum Gasteiger partial charge on any atom is 0.166 e. The second-order valence-electron chi connectivity index (χ2n) is 4.34. The third-order valence-electron chi connectivity index (χ3n) is 2.86. The van der Waals surface area contributed by atoms with E-state index >= 15 is 0 Å². The Labute approximate surface area is 112 Å². The number of hydrogen-bond acceptors (Lipinski definition) is 3. The van der Waals surface area contributed by atoms with Gasteiger partial charge in [0, 0.05) is 5.56 Å². The molecule has 1 unspecified atom stereocenters. The molecule has 96 valence electrons. The summed E-state index contributed by atoms with van der Waals surface area (Å²) in [6, 6.07) is 16.8. The van der Waals surface area contributed by atoms with Gasteiger partial charge in [-0.05, 0) is 30.2 Å². The largest absolute Gasteiger partial charge is 0.489 e. The first-order valence-electron chi connectivity index (χ1n) is 6.05. The molecule has 0 saturated carbocycles. The zero-order valence-electron chi connectivity index (χ0n) is 10.7. The van der Waals surface area contributed by atoms with Crippen molar-refractivity contribution >= 4 is 0 Å². The monoisotopic (exact) mass is 253 g/mol. The standard InChI is InChI=1S/C16H15NO2/c1-12-5-4-7-14(9-12)19-11-13-6-2-3-8-15(13)16(18)10-17/h2-9,16,18H,11H2,1H3. The lowest BCUT2D eigenvalue weighted by Crippen LogP contribution is -2.03. The van der Waals surface area contributed by atoms with E-state index in [9.17, 15) is 5.11 Å². The van der Waals surface area contributed by atoms with Crippen LogP contribution in [0.2, 0.25) is 0 Å². The SMILES string of the molecule is Cc1cccc(OCc2ccccc2C(O)C#N)c1. The smallest absolute Gasteiger partial charge is 0.166 e. The zero-order valence-corrected chi connectivity index (χ0v) is 10.7. The molecule has 19 heavy (non-hydrogen) atoms. The number of aliphatic hydroxyl groups excluding tert-OH is 1. The predicted octanol–water partition coefficient (Wildman–Crippen LogP) is 3.13. The van der Waals surface area contributed by atoms with Crippen LogP contribution in [0.4, 0.5) is 0 Å².